The molecule has 0 unspecified atom stereocenters. The molecule has 1 fully saturated rings. The third-order valence-electron chi connectivity index (χ3n) is 7.34. The van der Waals surface area contributed by atoms with Gasteiger partial charge in [-0.25, -0.2) is 0 Å². The number of aromatic nitrogens is 2. The van der Waals surface area contributed by atoms with Crippen LogP contribution in [0.15, 0.2) is 46.4 Å². The van der Waals surface area contributed by atoms with Crippen molar-refractivity contribution in [1.82, 2.24) is 20.0 Å². The topological polar surface area (TPSA) is 65.6 Å². The summed E-state index contributed by atoms with van der Waals surface area (Å²) in [6.07, 6.45) is 4.53. The number of piperazine rings is 1. The minimum Gasteiger partial charge on any atom is -0.421 e. The maximum absolute atomic E-state index is 9.18. The summed E-state index contributed by atoms with van der Waals surface area (Å²) in [5.41, 5.74) is 2.44. The Morgan fingerprint density at radius 3 is 2.47 bits per heavy atom. The van der Waals surface area contributed by atoms with Crippen LogP contribution in [0.4, 0.5) is 0 Å². The molecular formula is C26H38N4O2. The minimum absolute atomic E-state index is 0.258. The zero-order valence-electron chi connectivity index (χ0n) is 19.8. The van der Waals surface area contributed by atoms with Crippen LogP contribution in [0.5, 0.6) is 0 Å². The van der Waals surface area contributed by atoms with E-state index in [1.54, 1.807) is 0 Å². The standard InChI is InChI=1S/C26H38N4O2/c1-19(2)24-16-22(17-25-27-28-26(32-25)21-7-5-4-6-8-21)20(3)15-23(24)18-30-11-9-29(10-12-30)13-14-31/h4-8,15,19,22-24,31H,9-14,16-18H2,1-3H3/t22-,23-,24-/m0/s1. The number of aliphatic hydroxyl groups is 1. The van der Waals surface area contributed by atoms with E-state index < -0.39 is 0 Å². The van der Waals surface area contributed by atoms with Crippen LogP contribution in [-0.4, -0.2) is 71.0 Å². The molecule has 174 valence electrons. The molecule has 1 saturated heterocycles. The first-order chi connectivity index (χ1) is 15.5. The van der Waals surface area contributed by atoms with Crippen molar-refractivity contribution in [3.8, 4) is 11.5 Å². The van der Waals surface area contributed by atoms with Crippen molar-refractivity contribution < 1.29 is 9.52 Å². The Balaban J connectivity index is 1.40. The average Bonchev–Trinajstić information content (AvgIpc) is 3.26. The second-order valence-electron chi connectivity index (χ2n) is 9.85. The molecule has 32 heavy (non-hydrogen) atoms. The van der Waals surface area contributed by atoms with E-state index in [4.69, 9.17) is 4.42 Å². The quantitative estimate of drug-likeness (QED) is 0.634. The second kappa shape index (κ2) is 10.7. The molecule has 2 aromatic rings. The number of hydrogen-bond donors (Lipinski definition) is 1. The molecule has 2 heterocycles. The van der Waals surface area contributed by atoms with E-state index >= 15 is 0 Å². The fourth-order valence-electron chi connectivity index (χ4n) is 5.36. The fourth-order valence-corrected chi connectivity index (χ4v) is 5.36. The zero-order valence-corrected chi connectivity index (χ0v) is 19.8. The molecule has 4 rings (SSSR count). The summed E-state index contributed by atoms with van der Waals surface area (Å²) in [7, 11) is 0. The number of nitrogens with zero attached hydrogens (tertiary/aromatic N) is 4. The van der Waals surface area contributed by atoms with Gasteiger partial charge in [-0.2, -0.15) is 0 Å². The Morgan fingerprint density at radius 1 is 1.06 bits per heavy atom. The molecule has 0 radical (unpaired) electrons. The highest BCUT2D eigenvalue weighted by Crippen LogP contribution is 2.39. The van der Waals surface area contributed by atoms with Crippen LogP contribution in [0.25, 0.3) is 11.5 Å². The second-order valence-corrected chi connectivity index (χ2v) is 9.85. The average molecular weight is 439 g/mol. The van der Waals surface area contributed by atoms with Crippen molar-refractivity contribution in [1.29, 1.82) is 0 Å². The van der Waals surface area contributed by atoms with E-state index in [1.807, 2.05) is 30.3 Å². The molecule has 1 aromatic carbocycles. The molecule has 6 nitrogen and oxygen atoms in total. The molecule has 1 aliphatic heterocycles. The maximum atomic E-state index is 9.18. The van der Waals surface area contributed by atoms with Crippen LogP contribution in [0.3, 0.4) is 0 Å². The summed E-state index contributed by atoms with van der Waals surface area (Å²) in [4.78, 5) is 4.98. The van der Waals surface area contributed by atoms with Gasteiger partial charge in [0.2, 0.25) is 11.8 Å². The number of β-amino-alcohol motifs (C(OH)–C–C–N with tert-alkyl or cyclic N) is 1. The smallest absolute Gasteiger partial charge is 0.247 e. The van der Waals surface area contributed by atoms with Crippen molar-refractivity contribution >= 4 is 0 Å². The van der Waals surface area contributed by atoms with E-state index in [0.29, 0.717) is 29.6 Å². The Morgan fingerprint density at radius 2 is 1.78 bits per heavy atom. The van der Waals surface area contributed by atoms with Gasteiger partial charge in [-0.1, -0.05) is 43.7 Å². The van der Waals surface area contributed by atoms with Gasteiger partial charge in [0.15, 0.2) is 0 Å². The van der Waals surface area contributed by atoms with Gasteiger partial charge in [0.25, 0.3) is 0 Å². The van der Waals surface area contributed by atoms with Gasteiger partial charge < -0.3 is 14.4 Å². The molecule has 6 heteroatoms. The predicted octanol–water partition coefficient (Wildman–Crippen LogP) is 3.74. The monoisotopic (exact) mass is 438 g/mol. The number of rotatable bonds is 8. The Bertz CT molecular complexity index is 871. The highest BCUT2D eigenvalue weighted by Gasteiger charge is 2.34. The summed E-state index contributed by atoms with van der Waals surface area (Å²) in [6.45, 7) is 13.5. The Hall–Kier alpha value is -2.02. The van der Waals surface area contributed by atoms with Crippen molar-refractivity contribution in [3.63, 3.8) is 0 Å². The molecule has 0 amide bonds. The van der Waals surface area contributed by atoms with Crippen molar-refractivity contribution in [2.24, 2.45) is 23.7 Å². The van der Waals surface area contributed by atoms with Gasteiger partial charge in [0.05, 0.1) is 6.61 Å². The Labute approximate surface area is 192 Å². The van der Waals surface area contributed by atoms with Crippen LogP contribution >= 0.6 is 0 Å². The highest BCUT2D eigenvalue weighted by molar-refractivity contribution is 5.51. The van der Waals surface area contributed by atoms with Gasteiger partial charge in [-0.05, 0) is 49.1 Å². The van der Waals surface area contributed by atoms with Gasteiger partial charge in [0.1, 0.15) is 0 Å². The lowest BCUT2D eigenvalue weighted by atomic mass is 9.69. The predicted molar refractivity (Wildman–Crippen MR) is 127 cm³/mol. The molecule has 2 aliphatic rings. The van der Waals surface area contributed by atoms with Crippen molar-refractivity contribution in [2.75, 3.05) is 45.9 Å². The SMILES string of the molecule is CC1=C[C@@H](CN2CCN(CCO)CC2)[C@H](C(C)C)C[C@H]1Cc1nnc(-c2ccccc2)o1. The van der Waals surface area contributed by atoms with Crippen molar-refractivity contribution in [2.45, 2.75) is 33.6 Å². The number of aliphatic hydroxyl groups excluding tert-OH is 1. The van der Waals surface area contributed by atoms with Gasteiger partial charge >= 0.3 is 0 Å². The number of hydrogen-bond acceptors (Lipinski definition) is 6. The first-order valence-electron chi connectivity index (χ1n) is 12.1. The molecule has 0 saturated carbocycles. The van der Waals surface area contributed by atoms with E-state index in [9.17, 15) is 5.11 Å². The third kappa shape index (κ3) is 5.66. The molecule has 1 aromatic heterocycles. The first-order valence-corrected chi connectivity index (χ1v) is 12.1. The summed E-state index contributed by atoms with van der Waals surface area (Å²) in [5.74, 6) is 3.71. The number of benzene rings is 1. The minimum atomic E-state index is 0.258. The van der Waals surface area contributed by atoms with Crippen LogP contribution in [-0.2, 0) is 6.42 Å². The van der Waals surface area contributed by atoms with Crippen molar-refractivity contribution in [3.05, 3.63) is 47.9 Å². The van der Waals surface area contributed by atoms with Crippen LogP contribution in [0.1, 0.15) is 33.1 Å². The molecule has 3 atom stereocenters. The fraction of sp³-hybridized carbons (Fsp3) is 0.615. The lowest BCUT2D eigenvalue weighted by molar-refractivity contribution is 0.0887. The van der Waals surface area contributed by atoms with E-state index in [1.165, 1.54) is 12.0 Å². The van der Waals surface area contributed by atoms with E-state index in [-0.39, 0.29) is 6.61 Å². The molecule has 0 bridgehead atoms. The van der Waals surface area contributed by atoms with Crippen LogP contribution < -0.4 is 0 Å². The Kier molecular flexibility index (Phi) is 7.76. The molecule has 1 N–H and O–H groups in total. The van der Waals surface area contributed by atoms with Crippen LogP contribution in [0.2, 0.25) is 0 Å². The lowest BCUT2D eigenvalue weighted by Crippen LogP contribution is -2.49. The highest BCUT2D eigenvalue weighted by atomic mass is 16.4. The first kappa shape index (κ1) is 23.1. The maximum Gasteiger partial charge on any atom is 0.247 e. The molecule has 0 spiro atoms. The van der Waals surface area contributed by atoms with E-state index in [0.717, 1.165) is 57.1 Å². The summed E-state index contributed by atoms with van der Waals surface area (Å²) in [6, 6.07) is 9.99. The largest absolute Gasteiger partial charge is 0.421 e. The number of allylic oxidation sites excluding steroid dienone is 1. The normalized spacial score (nSPS) is 25.3. The van der Waals surface area contributed by atoms with Gasteiger partial charge in [-0.3, -0.25) is 4.90 Å². The molecule has 1 aliphatic carbocycles. The molecular weight excluding hydrogens is 400 g/mol. The lowest BCUT2D eigenvalue weighted by Gasteiger charge is -2.41. The summed E-state index contributed by atoms with van der Waals surface area (Å²) >= 11 is 0. The zero-order chi connectivity index (χ0) is 22.5. The van der Waals surface area contributed by atoms with E-state index in [2.05, 4.69) is 46.8 Å². The van der Waals surface area contributed by atoms with Gasteiger partial charge in [-0.15, -0.1) is 10.2 Å². The summed E-state index contributed by atoms with van der Waals surface area (Å²) in [5, 5.41) is 17.8. The van der Waals surface area contributed by atoms with Gasteiger partial charge in [0, 0.05) is 51.3 Å². The third-order valence-corrected chi connectivity index (χ3v) is 7.34. The summed E-state index contributed by atoms with van der Waals surface area (Å²) < 4.78 is 6.01. The van der Waals surface area contributed by atoms with Crippen LogP contribution in [0, 0.1) is 23.7 Å².